The minimum absolute atomic E-state index is 0.345. The lowest BCUT2D eigenvalue weighted by Crippen LogP contribution is -2.37. The summed E-state index contributed by atoms with van der Waals surface area (Å²) < 4.78 is 12.3. The topological polar surface area (TPSA) is 3.24 Å². The van der Waals surface area contributed by atoms with Crippen LogP contribution in [-0.2, 0) is 0 Å². The molecule has 0 aliphatic carbocycles. The van der Waals surface area contributed by atoms with Crippen LogP contribution in [0.2, 0.25) is 0 Å². The standard InChI is InChI=1S/C10H16FN/c1-2-10-4-3-5-12(10)8-9(6-10)7-11/h7H,2-6,8H2,1H3/b9-7-. The lowest BCUT2D eigenvalue weighted by Gasteiger charge is -2.29. The molecule has 2 heterocycles. The molecule has 2 saturated heterocycles. The first-order chi connectivity index (χ1) is 5.80. The Hall–Kier alpha value is -0.370. The molecule has 68 valence electrons. The third-order valence-corrected chi connectivity index (χ3v) is 3.50. The molecule has 2 heteroatoms. The summed E-state index contributed by atoms with van der Waals surface area (Å²) in [5, 5.41) is 0. The Kier molecular flexibility index (Phi) is 1.95. The Morgan fingerprint density at radius 3 is 3.08 bits per heavy atom. The van der Waals surface area contributed by atoms with Gasteiger partial charge in [0.2, 0.25) is 0 Å². The van der Waals surface area contributed by atoms with Crippen molar-refractivity contribution in [1.29, 1.82) is 0 Å². The van der Waals surface area contributed by atoms with Crippen molar-refractivity contribution < 1.29 is 4.39 Å². The number of fused-ring (bicyclic) bond motifs is 1. The van der Waals surface area contributed by atoms with E-state index in [0.717, 1.165) is 24.9 Å². The summed E-state index contributed by atoms with van der Waals surface area (Å²) in [4.78, 5) is 2.46. The van der Waals surface area contributed by atoms with E-state index < -0.39 is 0 Å². The van der Waals surface area contributed by atoms with Crippen LogP contribution < -0.4 is 0 Å². The zero-order valence-electron chi connectivity index (χ0n) is 7.65. The van der Waals surface area contributed by atoms with Crippen molar-refractivity contribution >= 4 is 0 Å². The fourth-order valence-corrected chi connectivity index (χ4v) is 2.76. The van der Waals surface area contributed by atoms with Gasteiger partial charge in [0.05, 0.1) is 6.33 Å². The Bertz CT molecular complexity index is 212. The third-order valence-electron chi connectivity index (χ3n) is 3.50. The molecule has 2 aliphatic rings. The Morgan fingerprint density at radius 2 is 2.50 bits per heavy atom. The second kappa shape index (κ2) is 2.84. The quantitative estimate of drug-likeness (QED) is 0.583. The molecule has 0 amide bonds. The van der Waals surface area contributed by atoms with Crippen molar-refractivity contribution in [3.63, 3.8) is 0 Å². The summed E-state index contributed by atoms with van der Waals surface area (Å²) >= 11 is 0. The molecule has 1 atom stereocenters. The van der Waals surface area contributed by atoms with Crippen LogP contribution >= 0.6 is 0 Å². The minimum atomic E-state index is 0.345. The fourth-order valence-electron chi connectivity index (χ4n) is 2.76. The zero-order chi connectivity index (χ0) is 8.60. The van der Waals surface area contributed by atoms with Crippen LogP contribution in [0, 0.1) is 0 Å². The zero-order valence-corrected chi connectivity index (χ0v) is 7.65. The number of halogens is 1. The van der Waals surface area contributed by atoms with Crippen LogP contribution in [-0.4, -0.2) is 23.5 Å². The molecule has 2 rings (SSSR count). The maximum Gasteiger partial charge on any atom is 0.0872 e. The van der Waals surface area contributed by atoms with E-state index in [9.17, 15) is 4.39 Å². The van der Waals surface area contributed by atoms with Crippen LogP contribution in [0.3, 0.4) is 0 Å². The monoisotopic (exact) mass is 169 g/mol. The van der Waals surface area contributed by atoms with Gasteiger partial charge in [0.25, 0.3) is 0 Å². The highest BCUT2D eigenvalue weighted by atomic mass is 19.1. The molecule has 2 aliphatic heterocycles. The number of rotatable bonds is 1. The highest BCUT2D eigenvalue weighted by molar-refractivity contribution is 5.18. The lowest BCUT2D eigenvalue weighted by atomic mass is 9.90. The normalized spacial score (nSPS) is 39.3. The van der Waals surface area contributed by atoms with E-state index in [4.69, 9.17) is 0 Å². The van der Waals surface area contributed by atoms with Crippen molar-refractivity contribution in [2.45, 2.75) is 38.1 Å². The molecule has 0 N–H and O–H groups in total. The summed E-state index contributed by atoms with van der Waals surface area (Å²) in [5.74, 6) is 0. The fraction of sp³-hybridized carbons (Fsp3) is 0.800. The van der Waals surface area contributed by atoms with Gasteiger partial charge in [-0.25, -0.2) is 4.39 Å². The molecule has 0 aromatic heterocycles. The van der Waals surface area contributed by atoms with Crippen molar-refractivity contribution in [2.24, 2.45) is 0 Å². The molecule has 0 saturated carbocycles. The van der Waals surface area contributed by atoms with Gasteiger partial charge in [-0.2, -0.15) is 0 Å². The first kappa shape index (κ1) is 8.24. The Labute approximate surface area is 73.2 Å². The van der Waals surface area contributed by atoms with E-state index in [1.165, 1.54) is 25.8 Å². The maximum absolute atomic E-state index is 12.3. The summed E-state index contributed by atoms with van der Waals surface area (Å²) in [6, 6.07) is 0. The molecule has 0 bridgehead atoms. The van der Waals surface area contributed by atoms with Crippen LogP contribution in [0.25, 0.3) is 0 Å². The summed E-state index contributed by atoms with van der Waals surface area (Å²) in [6.45, 7) is 4.27. The van der Waals surface area contributed by atoms with E-state index in [2.05, 4.69) is 11.8 Å². The molecule has 12 heavy (non-hydrogen) atoms. The third kappa shape index (κ3) is 1.01. The molecule has 1 unspecified atom stereocenters. The molecular weight excluding hydrogens is 153 g/mol. The SMILES string of the molecule is CCC12CCCN1C/C(=C\F)C2. The van der Waals surface area contributed by atoms with Crippen molar-refractivity contribution in [1.82, 2.24) is 4.90 Å². The average Bonchev–Trinajstić information content (AvgIpc) is 2.58. The second-order valence-electron chi connectivity index (χ2n) is 4.05. The van der Waals surface area contributed by atoms with Crippen LogP contribution in [0.4, 0.5) is 4.39 Å². The number of hydrogen-bond donors (Lipinski definition) is 0. The molecule has 0 aromatic rings. The molecule has 0 spiro atoms. The van der Waals surface area contributed by atoms with E-state index in [0.29, 0.717) is 5.54 Å². The van der Waals surface area contributed by atoms with Gasteiger partial charge in [-0.1, -0.05) is 6.92 Å². The lowest BCUT2D eigenvalue weighted by molar-refractivity contribution is 0.189. The minimum Gasteiger partial charge on any atom is -0.293 e. The predicted octanol–water partition coefficient (Wildman–Crippen LogP) is 2.49. The largest absolute Gasteiger partial charge is 0.293 e. The average molecular weight is 169 g/mol. The Morgan fingerprint density at radius 1 is 1.67 bits per heavy atom. The molecular formula is C10H16FN. The number of nitrogens with zero attached hydrogens (tertiary/aromatic N) is 1. The Balaban J connectivity index is 2.20. The second-order valence-corrected chi connectivity index (χ2v) is 4.05. The van der Waals surface area contributed by atoms with Gasteiger partial charge in [-0.05, 0) is 37.8 Å². The number of hydrogen-bond acceptors (Lipinski definition) is 1. The van der Waals surface area contributed by atoms with E-state index in [1.54, 1.807) is 0 Å². The van der Waals surface area contributed by atoms with E-state index >= 15 is 0 Å². The van der Waals surface area contributed by atoms with Gasteiger partial charge >= 0.3 is 0 Å². The molecule has 0 radical (unpaired) electrons. The van der Waals surface area contributed by atoms with Crippen LogP contribution in [0.1, 0.15) is 32.6 Å². The van der Waals surface area contributed by atoms with Gasteiger partial charge in [0.15, 0.2) is 0 Å². The van der Waals surface area contributed by atoms with E-state index in [1.807, 2.05) is 0 Å². The maximum atomic E-state index is 12.3. The molecule has 1 nitrogen and oxygen atoms in total. The smallest absolute Gasteiger partial charge is 0.0872 e. The molecule has 0 aromatic carbocycles. The van der Waals surface area contributed by atoms with Gasteiger partial charge < -0.3 is 0 Å². The van der Waals surface area contributed by atoms with Crippen molar-refractivity contribution in [3.05, 3.63) is 11.9 Å². The summed E-state index contributed by atoms with van der Waals surface area (Å²) in [5.41, 5.74) is 1.34. The van der Waals surface area contributed by atoms with Crippen molar-refractivity contribution in [3.8, 4) is 0 Å². The van der Waals surface area contributed by atoms with Gasteiger partial charge in [0.1, 0.15) is 0 Å². The summed E-state index contributed by atoms with van der Waals surface area (Å²) in [7, 11) is 0. The van der Waals surface area contributed by atoms with Gasteiger partial charge in [-0.15, -0.1) is 0 Å². The van der Waals surface area contributed by atoms with Crippen molar-refractivity contribution in [2.75, 3.05) is 13.1 Å². The van der Waals surface area contributed by atoms with E-state index in [-0.39, 0.29) is 0 Å². The first-order valence-corrected chi connectivity index (χ1v) is 4.84. The van der Waals surface area contributed by atoms with Crippen LogP contribution in [0.5, 0.6) is 0 Å². The highest BCUT2D eigenvalue weighted by Crippen LogP contribution is 2.43. The molecule has 2 fully saturated rings. The van der Waals surface area contributed by atoms with Crippen LogP contribution in [0.15, 0.2) is 11.9 Å². The van der Waals surface area contributed by atoms with Gasteiger partial charge in [-0.3, -0.25) is 4.90 Å². The first-order valence-electron chi connectivity index (χ1n) is 4.84. The highest BCUT2D eigenvalue weighted by Gasteiger charge is 2.44. The predicted molar refractivity (Wildman–Crippen MR) is 47.6 cm³/mol. The van der Waals surface area contributed by atoms with Gasteiger partial charge in [0, 0.05) is 12.1 Å². The summed E-state index contributed by atoms with van der Waals surface area (Å²) in [6.07, 6.45) is 5.52.